The molecule has 0 amide bonds. The van der Waals surface area contributed by atoms with E-state index in [1.54, 1.807) is 0 Å². The predicted octanol–water partition coefficient (Wildman–Crippen LogP) is 4.06. The standard InChI is InChI=1S/C16H24BrN3.HI/c1-4-12(2)20-15(18-3)19-11-16(9-10-16)13-7-5-6-8-14(13)17;/h5-8,12H,4,9-11H2,1-3H3,(H2,18,19,20);1H. The number of benzene rings is 1. The van der Waals surface area contributed by atoms with Crippen LogP contribution in [0.25, 0.3) is 0 Å². The van der Waals surface area contributed by atoms with Gasteiger partial charge in [0.15, 0.2) is 5.96 Å². The Hall–Kier alpha value is -0.300. The number of aliphatic imine (C=N–C) groups is 1. The Morgan fingerprint density at radius 3 is 2.57 bits per heavy atom. The summed E-state index contributed by atoms with van der Waals surface area (Å²) in [5.41, 5.74) is 1.68. The predicted molar refractivity (Wildman–Crippen MR) is 105 cm³/mol. The van der Waals surface area contributed by atoms with Crippen LogP contribution in [0.15, 0.2) is 33.7 Å². The number of halogens is 2. The molecule has 1 atom stereocenters. The third-order valence-electron chi connectivity index (χ3n) is 4.11. The first-order valence-corrected chi connectivity index (χ1v) is 8.13. The number of guanidine groups is 1. The van der Waals surface area contributed by atoms with E-state index in [0.717, 1.165) is 18.9 Å². The van der Waals surface area contributed by atoms with E-state index in [9.17, 15) is 0 Å². The summed E-state index contributed by atoms with van der Waals surface area (Å²) in [5.74, 6) is 0.901. The van der Waals surface area contributed by atoms with Crippen LogP contribution in [0.3, 0.4) is 0 Å². The molecule has 2 N–H and O–H groups in total. The van der Waals surface area contributed by atoms with E-state index < -0.39 is 0 Å². The molecule has 1 aliphatic rings. The Kier molecular flexibility index (Phi) is 7.47. The van der Waals surface area contributed by atoms with Crippen molar-refractivity contribution in [3.05, 3.63) is 34.3 Å². The zero-order chi connectivity index (χ0) is 14.6. The maximum absolute atomic E-state index is 4.31. The summed E-state index contributed by atoms with van der Waals surface area (Å²) in [7, 11) is 1.83. The Balaban J connectivity index is 0.00000220. The van der Waals surface area contributed by atoms with E-state index in [1.165, 1.54) is 22.9 Å². The molecule has 21 heavy (non-hydrogen) atoms. The number of hydrogen-bond donors (Lipinski definition) is 2. The van der Waals surface area contributed by atoms with Gasteiger partial charge in [0.05, 0.1) is 0 Å². The van der Waals surface area contributed by atoms with Crippen molar-refractivity contribution in [2.75, 3.05) is 13.6 Å². The second kappa shape index (κ2) is 8.36. The van der Waals surface area contributed by atoms with E-state index >= 15 is 0 Å². The second-order valence-electron chi connectivity index (χ2n) is 5.64. The molecule has 0 spiro atoms. The lowest BCUT2D eigenvalue weighted by atomic mass is 9.96. The van der Waals surface area contributed by atoms with Gasteiger partial charge in [0.1, 0.15) is 0 Å². The Labute approximate surface area is 153 Å². The van der Waals surface area contributed by atoms with Gasteiger partial charge < -0.3 is 10.6 Å². The highest BCUT2D eigenvalue weighted by molar-refractivity contribution is 14.0. The third-order valence-corrected chi connectivity index (χ3v) is 4.80. The Morgan fingerprint density at radius 2 is 2.05 bits per heavy atom. The second-order valence-corrected chi connectivity index (χ2v) is 6.49. The van der Waals surface area contributed by atoms with Gasteiger partial charge in [-0.25, -0.2) is 0 Å². The van der Waals surface area contributed by atoms with Crippen LogP contribution in [0, 0.1) is 0 Å². The molecule has 0 heterocycles. The quantitative estimate of drug-likeness (QED) is 0.390. The van der Waals surface area contributed by atoms with Crippen LogP contribution >= 0.6 is 39.9 Å². The van der Waals surface area contributed by atoms with Crippen molar-refractivity contribution < 1.29 is 0 Å². The first kappa shape index (κ1) is 18.7. The summed E-state index contributed by atoms with van der Waals surface area (Å²) in [4.78, 5) is 4.31. The number of nitrogens with one attached hydrogen (secondary N) is 2. The summed E-state index contributed by atoms with van der Waals surface area (Å²) in [6, 6.07) is 8.98. The molecule has 3 nitrogen and oxygen atoms in total. The molecule has 1 saturated carbocycles. The fourth-order valence-electron chi connectivity index (χ4n) is 2.37. The van der Waals surface area contributed by atoms with Gasteiger partial charge in [-0.05, 0) is 37.8 Å². The van der Waals surface area contributed by atoms with Gasteiger partial charge in [-0.15, -0.1) is 24.0 Å². The van der Waals surface area contributed by atoms with Crippen molar-refractivity contribution in [2.45, 2.75) is 44.6 Å². The molecule has 1 aromatic rings. The molecule has 0 radical (unpaired) electrons. The van der Waals surface area contributed by atoms with Gasteiger partial charge in [-0.2, -0.15) is 0 Å². The minimum absolute atomic E-state index is 0. The van der Waals surface area contributed by atoms with Gasteiger partial charge in [0.2, 0.25) is 0 Å². The number of rotatable bonds is 5. The molecule has 1 aliphatic carbocycles. The monoisotopic (exact) mass is 465 g/mol. The lowest BCUT2D eigenvalue weighted by Gasteiger charge is -2.21. The van der Waals surface area contributed by atoms with Crippen molar-refractivity contribution in [3.63, 3.8) is 0 Å². The van der Waals surface area contributed by atoms with Crippen LogP contribution in [0.5, 0.6) is 0 Å². The highest BCUT2D eigenvalue weighted by atomic mass is 127. The van der Waals surface area contributed by atoms with Gasteiger partial charge in [0.25, 0.3) is 0 Å². The van der Waals surface area contributed by atoms with E-state index in [1.807, 2.05) is 7.05 Å². The van der Waals surface area contributed by atoms with E-state index in [0.29, 0.717) is 6.04 Å². The zero-order valence-corrected chi connectivity index (χ0v) is 16.9. The molecular weight excluding hydrogens is 441 g/mol. The van der Waals surface area contributed by atoms with Crippen molar-refractivity contribution in [1.82, 2.24) is 10.6 Å². The molecule has 5 heteroatoms. The Bertz CT molecular complexity index is 486. The third kappa shape index (κ3) is 4.84. The molecule has 1 unspecified atom stereocenters. The molecule has 118 valence electrons. The molecule has 2 rings (SSSR count). The SMILES string of the molecule is CCC(C)NC(=NC)NCC1(c2ccccc2Br)CC1.I. The van der Waals surface area contributed by atoms with Gasteiger partial charge in [0, 0.05) is 29.5 Å². The molecule has 0 bridgehead atoms. The van der Waals surface area contributed by atoms with Crippen molar-refractivity contribution in [1.29, 1.82) is 0 Å². The molecule has 0 aliphatic heterocycles. The average molecular weight is 466 g/mol. The minimum atomic E-state index is 0. The fourth-order valence-corrected chi connectivity index (χ4v) is 3.07. The van der Waals surface area contributed by atoms with Crippen LogP contribution in [0.1, 0.15) is 38.7 Å². The van der Waals surface area contributed by atoms with Gasteiger partial charge in [-0.3, -0.25) is 4.99 Å². The molecule has 0 aromatic heterocycles. The summed E-state index contributed by atoms with van der Waals surface area (Å²) < 4.78 is 1.21. The van der Waals surface area contributed by atoms with Crippen LogP contribution < -0.4 is 10.6 Å². The first-order chi connectivity index (χ1) is 9.61. The van der Waals surface area contributed by atoms with Crippen molar-refractivity contribution in [2.24, 2.45) is 4.99 Å². The molecule has 0 saturated heterocycles. The van der Waals surface area contributed by atoms with E-state index in [4.69, 9.17) is 0 Å². The fraction of sp³-hybridized carbons (Fsp3) is 0.562. The lowest BCUT2D eigenvalue weighted by Crippen LogP contribution is -2.44. The van der Waals surface area contributed by atoms with Crippen molar-refractivity contribution >= 4 is 45.9 Å². The van der Waals surface area contributed by atoms with Crippen LogP contribution in [0.2, 0.25) is 0 Å². The highest BCUT2D eigenvalue weighted by Crippen LogP contribution is 2.49. The van der Waals surface area contributed by atoms with Crippen LogP contribution in [-0.2, 0) is 5.41 Å². The van der Waals surface area contributed by atoms with Crippen LogP contribution in [-0.4, -0.2) is 25.6 Å². The molecule has 1 fully saturated rings. The molecular formula is C16H25BrIN3. The summed E-state index contributed by atoms with van der Waals surface area (Å²) in [5, 5.41) is 6.89. The van der Waals surface area contributed by atoms with E-state index in [-0.39, 0.29) is 29.4 Å². The number of nitrogens with zero attached hydrogens (tertiary/aromatic N) is 1. The van der Waals surface area contributed by atoms with Crippen LogP contribution in [0.4, 0.5) is 0 Å². The smallest absolute Gasteiger partial charge is 0.191 e. The average Bonchev–Trinajstić information content (AvgIpc) is 3.24. The van der Waals surface area contributed by atoms with Gasteiger partial charge in [-0.1, -0.05) is 41.1 Å². The molecule has 1 aromatic carbocycles. The zero-order valence-electron chi connectivity index (χ0n) is 12.9. The maximum atomic E-state index is 4.31. The van der Waals surface area contributed by atoms with E-state index in [2.05, 4.69) is 69.7 Å². The normalized spacial score (nSPS) is 17.6. The topological polar surface area (TPSA) is 36.4 Å². The van der Waals surface area contributed by atoms with Gasteiger partial charge >= 0.3 is 0 Å². The summed E-state index contributed by atoms with van der Waals surface area (Å²) in [6.07, 6.45) is 3.57. The lowest BCUT2D eigenvalue weighted by molar-refractivity contribution is 0.600. The minimum Gasteiger partial charge on any atom is -0.356 e. The maximum Gasteiger partial charge on any atom is 0.191 e. The first-order valence-electron chi connectivity index (χ1n) is 7.33. The highest BCUT2D eigenvalue weighted by Gasteiger charge is 2.45. The van der Waals surface area contributed by atoms with Crippen molar-refractivity contribution in [3.8, 4) is 0 Å². The summed E-state index contributed by atoms with van der Waals surface area (Å²) in [6.45, 7) is 5.29. The number of hydrogen-bond acceptors (Lipinski definition) is 1. The summed E-state index contributed by atoms with van der Waals surface area (Å²) >= 11 is 3.67. The largest absolute Gasteiger partial charge is 0.356 e. The Morgan fingerprint density at radius 1 is 1.38 bits per heavy atom.